The van der Waals surface area contributed by atoms with Crippen LogP contribution in [0.3, 0.4) is 0 Å². The maximum absolute atomic E-state index is 5.11. The molecule has 1 aliphatic carbocycles. The van der Waals surface area contributed by atoms with Crippen molar-refractivity contribution < 1.29 is 9.47 Å². The molecular formula is C9H18O2. The van der Waals surface area contributed by atoms with Crippen molar-refractivity contribution in [2.45, 2.75) is 19.3 Å². The van der Waals surface area contributed by atoms with Crippen LogP contribution in [-0.2, 0) is 9.47 Å². The highest BCUT2D eigenvalue weighted by Crippen LogP contribution is 2.30. The van der Waals surface area contributed by atoms with E-state index >= 15 is 0 Å². The molecule has 0 bridgehead atoms. The average molecular weight is 158 g/mol. The Hall–Kier alpha value is -0.0800. The van der Waals surface area contributed by atoms with E-state index in [2.05, 4.69) is 0 Å². The van der Waals surface area contributed by atoms with Crippen molar-refractivity contribution in [3.05, 3.63) is 0 Å². The maximum atomic E-state index is 5.11. The highest BCUT2D eigenvalue weighted by molar-refractivity contribution is 4.74. The third-order valence-electron chi connectivity index (χ3n) is 2.45. The van der Waals surface area contributed by atoms with Crippen LogP contribution in [0.2, 0.25) is 0 Å². The fourth-order valence-corrected chi connectivity index (χ4v) is 1.95. The topological polar surface area (TPSA) is 18.5 Å². The van der Waals surface area contributed by atoms with Gasteiger partial charge in [0, 0.05) is 27.4 Å². The largest absolute Gasteiger partial charge is 0.384 e. The summed E-state index contributed by atoms with van der Waals surface area (Å²) in [5, 5.41) is 0. The van der Waals surface area contributed by atoms with Gasteiger partial charge in [0.1, 0.15) is 0 Å². The summed E-state index contributed by atoms with van der Waals surface area (Å²) in [6, 6.07) is 0. The Morgan fingerprint density at radius 2 is 1.45 bits per heavy atom. The van der Waals surface area contributed by atoms with Crippen molar-refractivity contribution in [1.29, 1.82) is 0 Å². The number of hydrogen-bond acceptors (Lipinski definition) is 2. The van der Waals surface area contributed by atoms with Crippen LogP contribution < -0.4 is 0 Å². The van der Waals surface area contributed by atoms with Gasteiger partial charge in [-0.1, -0.05) is 0 Å². The Bertz CT molecular complexity index is 91.7. The Kier molecular flexibility index (Phi) is 3.87. The summed E-state index contributed by atoms with van der Waals surface area (Å²) in [7, 11) is 3.56. The van der Waals surface area contributed by atoms with Gasteiger partial charge in [0.15, 0.2) is 0 Å². The molecule has 2 atom stereocenters. The molecule has 11 heavy (non-hydrogen) atoms. The Morgan fingerprint density at radius 3 is 1.82 bits per heavy atom. The monoisotopic (exact) mass is 158 g/mol. The zero-order chi connectivity index (χ0) is 8.10. The van der Waals surface area contributed by atoms with Gasteiger partial charge in [-0.15, -0.1) is 0 Å². The lowest BCUT2D eigenvalue weighted by atomic mass is 10.1. The number of methoxy groups -OCH3 is 2. The Labute approximate surface area is 68.9 Å². The molecule has 1 fully saturated rings. The summed E-state index contributed by atoms with van der Waals surface area (Å²) in [6.07, 6.45) is 3.94. The van der Waals surface area contributed by atoms with E-state index < -0.39 is 0 Å². The van der Waals surface area contributed by atoms with E-state index in [-0.39, 0.29) is 0 Å². The van der Waals surface area contributed by atoms with Crippen LogP contribution in [0.15, 0.2) is 0 Å². The molecule has 1 rings (SSSR count). The lowest BCUT2D eigenvalue weighted by Crippen LogP contribution is -2.06. The van der Waals surface area contributed by atoms with Crippen LogP contribution in [0, 0.1) is 11.8 Å². The minimum atomic E-state index is 0.792. The van der Waals surface area contributed by atoms with Crippen molar-refractivity contribution in [3.63, 3.8) is 0 Å². The van der Waals surface area contributed by atoms with E-state index in [4.69, 9.17) is 9.47 Å². The molecule has 0 heterocycles. The molecular weight excluding hydrogens is 140 g/mol. The summed E-state index contributed by atoms with van der Waals surface area (Å²) >= 11 is 0. The quantitative estimate of drug-likeness (QED) is 0.620. The van der Waals surface area contributed by atoms with E-state index in [1.165, 1.54) is 19.3 Å². The highest BCUT2D eigenvalue weighted by Gasteiger charge is 2.23. The molecule has 1 aliphatic rings. The summed E-state index contributed by atoms with van der Waals surface area (Å²) in [5.41, 5.74) is 0. The van der Waals surface area contributed by atoms with Crippen molar-refractivity contribution in [3.8, 4) is 0 Å². The fraction of sp³-hybridized carbons (Fsp3) is 1.00. The van der Waals surface area contributed by atoms with E-state index in [1.807, 2.05) is 0 Å². The highest BCUT2D eigenvalue weighted by atomic mass is 16.5. The molecule has 2 heteroatoms. The van der Waals surface area contributed by atoms with Gasteiger partial charge in [0.05, 0.1) is 0 Å². The van der Waals surface area contributed by atoms with Crippen molar-refractivity contribution in [2.75, 3.05) is 27.4 Å². The molecule has 66 valence electrons. The lowest BCUT2D eigenvalue weighted by Gasteiger charge is -2.08. The zero-order valence-corrected chi connectivity index (χ0v) is 7.51. The van der Waals surface area contributed by atoms with Gasteiger partial charge in [-0.05, 0) is 31.1 Å². The molecule has 0 aromatic carbocycles. The van der Waals surface area contributed by atoms with Crippen LogP contribution >= 0.6 is 0 Å². The second-order valence-electron chi connectivity index (χ2n) is 3.46. The maximum Gasteiger partial charge on any atom is 0.0490 e. The molecule has 0 radical (unpaired) electrons. The SMILES string of the molecule is COC[C@@H]1CC[C@@H](COC)C1. The summed E-state index contributed by atoms with van der Waals surface area (Å²) in [5.74, 6) is 1.58. The van der Waals surface area contributed by atoms with E-state index in [0.717, 1.165) is 25.0 Å². The van der Waals surface area contributed by atoms with Crippen LogP contribution in [0.1, 0.15) is 19.3 Å². The average Bonchev–Trinajstić information content (AvgIpc) is 2.38. The summed E-state index contributed by atoms with van der Waals surface area (Å²) in [6.45, 7) is 1.86. The molecule has 0 aliphatic heterocycles. The minimum absolute atomic E-state index is 0.792. The number of ether oxygens (including phenoxy) is 2. The van der Waals surface area contributed by atoms with Crippen LogP contribution in [0.25, 0.3) is 0 Å². The predicted molar refractivity (Wildman–Crippen MR) is 44.6 cm³/mol. The first-order valence-corrected chi connectivity index (χ1v) is 4.34. The van der Waals surface area contributed by atoms with Gasteiger partial charge in [-0.25, -0.2) is 0 Å². The van der Waals surface area contributed by atoms with Crippen molar-refractivity contribution in [1.82, 2.24) is 0 Å². The number of hydrogen-bond donors (Lipinski definition) is 0. The lowest BCUT2D eigenvalue weighted by molar-refractivity contribution is 0.134. The fourth-order valence-electron chi connectivity index (χ4n) is 1.95. The smallest absolute Gasteiger partial charge is 0.0490 e. The Morgan fingerprint density at radius 1 is 1.00 bits per heavy atom. The molecule has 0 spiro atoms. The van der Waals surface area contributed by atoms with Gasteiger partial charge in [-0.3, -0.25) is 0 Å². The van der Waals surface area contributed by atoms with Gasteiger partial charge in [0.2, 0.25) is 0 Å². The second-order valence-corrected chi connectivity index (χ2v) is 3.46. The van der Waals surface area contributed by atoms with Crippen molar-refractivity contribution >= 4 is 0 Å². The molecule has 0 amide bonds. The molecule has 0 unspecified atom stereocenters. The van der Waals surface area contributed by atoms with Gasteiger partial charge < -0.3 is 9.47 Å². The normalized spacial score (nSPS) is 31.1. The zero-order valence-electron chi connectivity index (χ0n) is 7.51. The summed E-state index contributed by atoms with van der Waals surface area (Å²) < 4.78 is 10.2. The van der Waals surface area contributed by atoms with Gasteiger partial charge in [0.25, 0.3) is 0 Å². The molecule has 1 saturated carbocycles. The molecule has 0 aromatic heterocycles. The molecule has 2 nitrogen and oxygen atoms in total. The second kappa shape index (κ2) is 4.73. The summed E-state index contributed by atoms with van der Waals surface area (Å²) in [4.78, 5) is 0. The van der Waals surface area contributed by atoms with Crippen LogP contribution in [0.5, 0.6) is 0 Å². The molecule has 0 saturated heterocycles. The third-order valence-corrected chi connectivity index (χ3v) is 2.45. The molecule has 0 N–H and O–H groups in total. The first kappa shape index (κ1) is 9.01. The van der Waals surface area contributed by atoms with Crippen LogP contribution in [0.4, 0.5) is 0 Å². The third kappa shape index (κ3) is 2.80. The van der Waals surface area contributed by atoms with Gasteiger partial charge >= 0.3 is 0 Å². The first-order valence-electron chi connectivity index (χ1n) is 4.34. The standard InChI is InChI=1S/C9H18O2/c1-10-6-8-3-4-9(5-8)7-11-2/h8-9H,3-7H2,1-2H3/t8-,9-/m1/s1. The van der Waals surface area contributed by atoms with Gasteiger partial charge in [-0.2, -0.15) is 0 Å². The van der Waals surface area contributed by atoms with E-state index in [0.29, 0.717) is 0 Å². The Balaban J connectivity index is 2.12. The van der Waals surface area contributed by atoms with E-state index in [9.17, 15) is 0 Å². The van der Waals surface area contributed by atoms with Crippen LogP contribution in [-0.4, -0.2) is 27.4 Å². The minimum Gasteiger partial charge on any atom is -0.384 e. The van der Waals surface area contributed by atoms with E-state index in [1.54, 1.807) is 14.2 Å². The molecule has 0 aromatic rings. The predicted octanol–water partition coefficient (Wildman–Crippen LogP) is 1.70. The van der Waals surface area contributed by atoms with Crippen molar-refractivity contribution in [2.24, 2.45) is 11.8 Å². The number of rotatable bonds is 4. The first-order chi connectivity index (χ1) is 5.36.